The number of halogens is 1. The number of rotatable bonds is 5. The van der Waals surface area contributed by atoms with Crippen molar-refractivity contribution < 1.29 is 4.79 Å². The molecule has 0 aliphatic heterocycles. The zero-order valence-corrected chi connectivity index (χ0v) is 16.3. The van der Waals surface area contributed by atoms with Gasteiger partial charge in [-0.15, -0.1) is 10.2 Å². The maximum absolute atomic E-state index is 12.2. The van der Waals surface area contributed by atoms with E-state index in [9.17, 15) is 4.79 Å². The molecule has 1 amide bonds. The van der Waals surface area contributed by atoms with Crippen LogP contribution in [-0.2, 0) is 4.79 Å². The highest BCUT2D eigenvalue weighted by Crippen LogP contribution is 2.30. The predicted molar refractivity (Wildman–Crippen MR) is 106 cm³/mol. The molecule has 3 aromatic rings. The second-order valence-electron chi connectivity index (χ2n) is 5.98. The molecule has 0 saturated carbocycles. The van der Waals surface area contributed by atoms with Crippen molar-refractivity contribution in [3.8, 4) is 17.1 Å². The van der Waals surface area contributed by atoms with E-state index in [0.717, 1.165) is 11.3 Å². The highest BCUT2D eigenvalue weighted by atomic mass is 35.5. The van der Waals surface area contributed by atoms with E-state index in [1.54, 1.807) is 19.0 Å². The molecule has 1 unspecified atom stereocenters. The Hall–Kier alpha value is -2.31. The molecule has 0 fully saturated rings. The molecule has 134 valence electrons. The van der Waals surface area contributed by atoms with Crippen molar-refractivity contribution in [3.05, 3.63) is 59.6 Å². The number of para-hydroxylation sites is 1. The molecular formula is C19H19ClN4OS. The third-order valence-electron chi connectivity index (χ3n) is 3.82. The van der Waals surface area contributed by atoms with Crippen LogP contribution in [0.1, 0.15) is 6.92 Å². The van der Waals surface area contributed by atoms with E-state index in [-0.39, 0.29) is 11.2 Å². The molecule has 0 spiro atoms. The molecule has 0 bridgehead atoms. The van der Waals surface area contributed by atoms with Gasteiger partial charge in [0.1, 0.15) is 0 Å². The highest BCUT2D eigenvalue weighted by Gasteiger charge is 2.22. The Morgan fingerprint density at radius 2 is 1.73 bits per heavy atom. The summed E-state index contributed by atoms with van der Waals surface area (Å²) >= 11 is 7.40. The van der Waals surface area contributed by atoms with Crippen molar-refractivity contribution in [2.75, 3.05) is 14.1 Å². The van der Waals surface area contributed by atoms with Crippen LogP contribution in [-0.4, -0.2) is 44.9 Å². The van der Waals surface area contributed by atoms with Gasteiger partial charge in [-0.2, -0.15) is 0 Å². The SMILES string of the molecule is CC(Sc1nnc(-c2ccc(Cl)cc2)n1-c1ccccc1)C(=O)N(C)C. The van der Waals surface area contributed by atoms with Crippen molar-refractivity contribution in [2.45, 2.75) is 17.3 Å². The average Bonchev–Trinajstić information content (AvgIpc) is 3.05. The van der Waals surface area contributed by atoms with E-state index in [1.165, 1.54) is 11.8 Å². The fourth-order valence-corrected chi connectivity index (χ4v) is 3.65. The predicted octanol–water partition coefficient (Wildman–Crippen LogP) is 4.16. The minimum absolute atomic E-state index is 0.0330. The van der Waals surface area contributed by atoms with Crippen LogP contribution in [0, 0.1) is 0 Å². The highest BCUT2D eigenvalue weighted by molar-refractivity contribution is 8.00. The van der Waals surface area contributed by atoms with Gasteiger partial charge in [0, 0.05) is 30.4 Å². The standard InChI is InChI=1S/C19H19ClN4OS/c1-13(18(25)23(2)3)26-19-22-21-17(14-9-11-15(20)12-10-14)24(19)16-7-5-4-6-8-16/h4-13H,1-3H3. The first kappa shape index (κ1) is 18.5. The van der Waals surface area contributed by atoms with Crippen LogP contribution in [0.15, 0.2) is 59.8 Å². The summed E-state index contributed by atoms with van der Waals surface area (Å²) in [7, 11) is 3.50. The van der Waals surface area contributed by atoms with Gasteiger partial charge in [0.15, 0.2) is 11.0 Å². The molecule has 1 heterocycles. The number of hydrogen-bond acceptors (Lipinski definition) is 4. The molecule has 2 aromatic carbocycles. The van der Waals surface area contributed by atoms with Crippen molar-refractivity contribution in [1.82, 2.24) is 19.7 Å². The normalized spacial score (nSPS) is 12.0. The largest absolute Gasteiger partial charge is 0.348 e. The van der Waals surface area contributed by atoms with Crippen LogP contribution in [0.25, 0.3) is 17.1 Å². The van der Waals surface area contributed by atoms with E-state index >= 15 is 0 Å². The molecule has 0 N–H and O–H groups in total. The summed E-state index contributed by atoms with van der Waals surface area (Å²) in [5.74, 6) is 0.741. The van der Waals surface area contributed by atoms with Gasteiger partial charge in [-0.3, -0.25) is 9.36 Å². The Morgan fingerprint density at radius 1 is 1.08 bits per heavy atom. The van der Waals surface area contributed by atoms with Gasteiger partial charge in [-0.1, -0.05) is 41.6 Å². The molecule has 0 saturated heterocycles. The van der Waals surface area contributed by atoms with Gasteiger partial charge >= 0.3 is 0 Å². The number of carbonyl (C=O) groups excluding carboxylic acids is 1. The summed E-state index contributed by atoms with van der Waals surface area (Å²) in [4.78, 5) is 13.8. The number of amides is 1. The molecule has 1 atom stereocenters. The minimum atomic E-state index is -0.269. The molecule has 5 nitrogen and oxygen atoms in total. The third-order valence-corrected chi connectivity index (χ3v) is 5.10. The second kappa shape index (κ2) is 7.93. The maximum atomic E-state index is 12.2. The van der Waals surface area contributed by atoms with Gasteiger partial charge in [0.2, 0.25) is 5.91 Å². The molecule has 7 heteroatoms. The summed E-state index contributed by atoms with van der Waals surface area (Å²) in [6.45, 7) is 1.87. The summed E-state index contributed by atoms with van der Waals surface area (Å²) in [6.07, 6.45) is 0. The first-order chi connectivity index (χ1) is 12.5. The Kier molecular flexibility index (Phi) is 5.64. The Bertz CT molecular complexity index is 894. The molecule has 0 aliphatic rings. The molecule has 3 rings (SSSR count). The smallest absolute Gasteiger partial charge is 0.235 e. The number of hydrogen-bond donors (Lipinski definition) is 0. The topological polar surface area (TPSA) is 51.0 Å². The summed E-state index contributed by atoms with van der Waals surface area (Å²) in [6, 6.07) is 17.3. The van der Waals surface area contributed by atoms with Crippen LogP contribution >= 0.6 is 23.4 Å². The number of aromatic nitrogens is 3. The zero-order valence-electron chi connectivity index (χ0n) is 14.8. The zero-order chi connectivity index (χ0) is 18.7. The summed E-state index contributed by atoms with van der Waals surface area (Å²) in [5.41, 5.74) is 1.85. The third kappa shape index (κ3) is 3.92. The van der Waals surface area contributed by atoms with Crippen LogP contribution in [0.5, 0.6) is 0 Å². The van der Waals surface area contributed by atoms with E-state index in [0.29, 0.717) is 16.0 Å². The number of nitrogens with zero attached hydrogens (tertiary/aromatic N) is 4. The molecule has 26 heavy (non-hydrogen) atoms. The van der Waals surface area contributed by atoms with Crippen molar-refractivity contribution in [1.29, 1.82) is 0 Å². The van der Waals surface area contributed by atoms with Crippen molar-refractivity contribution in [3.63, 3.8) is 0 Å². The minimum Gasteiger partial charge on any atom is -0.348 e. The van der Waals surface area contributed by atoms with Gasteiger partial charge < -0.3 is 4.90 Å². The summed E-state index contributed by atoms with van der Waals surface area (Å²) < 4.78 is 1.97. The first-order valence-corrected chi connectivity index (χ1v) is 9.37. The number of thioether (sulfide) groups is 1. The molecular weight excluding hydrogens is 368 g/mol. The lowest BCUT2D eigenvalue weighted by Crippen LogP contribution is -2.29. The van der Waals surface area contributed by atoms with E-state index in [1.807, 2.05) is 66.1 Å². The monoisotopic (exact) mass is 386 g/mol. The molecule has 0 radical (unpaired) electrons. The average molecular weight is 387 g/mol. The van der Waals surface area contributed by atoms with Gasteiger partial charge in [0.05, 0.1) is 5.25 Å². The van der Waals surface area contributed by atoms with Crippen molar-refractivity contribution in [2.24, 2.45) is 0 Å². The van der Waals surface area contributed by atoms with Gasteiger partial charge in [-0.25, -0.2) is 0 Å². The van der Waals surface area contributed by atoms with E-state index < -0.39 is 0 Å². The lowest BCUT2D eigenvalue weighted by molar-refractivity contribution is -0.127. The van der Waals surface area contributed by atoms with E-state index in [4.69, 9.17) is 11.6 Å². The second-order valence-corrected chi connectivity index (χ2v) is 7.72. The lowest BCUT2D eigenvalue weighted by atomic mass is 10.2. The fourth-order valence-electron chi connectivity index (χ4n) is 2.51. The number of carbonyl (C=O) groups is 1. The van der Waals surface area contributed by atoms with Crippen LogP contribution in [0.4, 0.5) is 0 Å². The van der Waals surface area contributed by atoms with Crippen LogP contribution < -0.4 is 0 Å². The quantitative estimate of drug-likeness (QED) is 0.618. The van der Waals surface area contributed by atoms with E-state index in [2.05, 4.69) is 10.2 Å². The Balaban J connectivity index is 2.05. The Morgan fingerprint density at radius 3 is 2.35 bits per heavy atom. The van der Waals surface area contributed by atoms with Crippen LogP contribution in [0.3, 0.4) is 0 Å². The lowest BCUT2D eigenvalue weighted by Gasteiger charge is -2.17. The van der Waals surface area contributed by atoms with Crippen LogP contribution in [0.2, 0.25) is 5.02 Å². The molecule has 1 aromatic heterocycles. The van der Waals surface area contributed by atoms with Crippen molar-refractivity contribution >= 4 is 29.3 Å². The van der Waals surface area contributed by atoms with Gasteiger partial charge in [-0.05, 0) is 43.3 Å². The maximum Gasteiger partial charge on any atom is 0.235 e. The summed E-state index contributed by atoms with van der Waals surface area (Å²) in [5, 5.41) is 9.79. The molecule has 0 aliphatic carbocycles. The first-order valence-electron chi connectivity index (χ1n) is 8.12. The number of benzene rings is 2. The van der Waals surface area contributed by atoms with Gasteiger partial charge in [0.25, 0.3) is 0 Å². The Labute approximate surface area is 162 Å². The fraction of sp³-hybridized carbons (Fsp3) is 0.211.